The topological polar surface area (TPSA) is 57.6 Å². The summed E-state index contributed by atoms with van der Waals surface area (Å²) in [4.78, 5) is -0.112. The van der Waals surface area contributed by atoms with E-state index in [9.17, 15) is 12.8 Å². The molecule has 0 heterocycles. The molecule has 1 N–H and O–H groups in total. The lowest BCUT2D eigenvalue weighted by molar-refractivity contribution is 0.257. The second-order valence-electron chi connectivity index (χ2n) is 5.24. The van der Waals surface area contributed by atoms with E-state index in [0.29, 0.717) is 6.42 Å². The van der Waals surface area contributed by atoms with Crippen LogP contribution >= 0.6 is 0 Å². The Kier molecular flexibility index (Phi) is 5.51. The average Bonchev–Trinajstić information content (AvgIpc) is 2.44. The molecule has 6 heteroatoms. The van der Waals surface area contributed by atoms with E-state index in [0.717, 1.165) is 6.07 Å². The first-order valence-corrected chi connectivity index (χ1v) is 7.99. The lowest BCUT2D eigenvalue weighted by Gasteiger charge is -2.33. The van der Waals surface area contributed by atoms with E-state index in [1.165, 1.54) is 23.5 Å². The number of hydrogen-bond acceptors (Lipinski definition) is 3. The maximum absolute atomic E-state index is 13.9. The summed E-state index contributed by atoms with van der Waals surface area (Å²) in [6, 6.07) is 3.58. The van der Waals surface area contributed by atoms with Gasteiger partial charge < -0.3 is 5.11 Å². The number of aliphatic hydroxyl groups is 1. The number of hydrogen-bond donors (Lipinski definition) is 1. The molecule has 0 spiro atoms. The SMILES string of the molecule is CCC(C)(C)N(C)S(=O)(=O)c1ccc(C#CCO)c(F)c1. The molecule has 0 saturated heterocycles. The summed E-state index contributed by atoms with van der Waals surface area (Å²) >= 11 is 0. The van der Waals surface area contributed by atoms with Gasteiger partial charge in [-0.25, -0.2) is 12.8 Å². The lowest BCUT2D eigenvalue weighted by Crippen LogP contribution is -2.44. The smallest absolute Gasteiger partial charge is 0.243 e. The summed E-state index contributed by atoms with van der Waals surface area (Å²) in [6.45, 7) is 5.12. The third-order valence-electron chi connectivity index (χ3n) is 3.62. The zero-order chi connectivity index (χ0) is 16.3. The van der Waals surface area contributed by atoms with Crippen LogP contribution in [-0.2, 0) is 10.0 Å². The molecule has 0 fully saturated rings. The highest BCUT2D eigenvalue weighted by Gasteiger charge is 2.32. The molecule has 1 aromatic carbocycles. The number of benzene rings is 1. The molecule has 1 rings (SSSR count). The summed E-state index contributed by atoms with van der Waals surface area (Å²) in [5.74, 6) is 4.03. The first-order valence-electron chi connectivity index (χ1n) is 6.55. The van der Waals surface area contributed by atoms with E-state index in [1.807, 2.05) is 20.8 Å². The Morgan fingerprint density at radius 3 is 2.48 bits per heavy atom. The predicted octanol–water partition coefficient (Wildman–Crippen LogP) is 1.98. The van der Waals surface area contributed by atoms with Gasteiger partial charge in [-0.05, 0) is 38.5 Å². The molecule has 116 valence electrons. The summed E-state index contributed by atoms with van der Waals surface area (Å²) in [5.41, 5.74) is -0.509. The number of rotatable bonds is 4. The van der Waals surface area contributed by atoms with Gasteiger partial charge in [0.15, 0.2) is 0 Å². The fourth-order valence-electron chi connectivity index (χ4n) is 1.60. The highest BCUT2D eigenvalue weighted by Crippen LogP contribution is 2.26. The zero-order valence-electron chi connectivity index (χ0n) is 12.6. The molecule has 0 aliphatic carbocycles. The van der Waals surface area contributed by atoms with Crippen LogP contribution in [-0.4, -0.2) is 37.0 Å². The molecule has 0 unspecified atom stereocenters. The minimum absolute atomic E-state index is 0.0559. The Morgan fingerprint density at radius 2 is 2.00 bits per heavy atom. The van der Waals surface area contributed by atoms with Gasteiger partial charge in [0.2, 0.25) is 10.0 Å². The van der Waals surface area contributed by atoms with E-state index >= 15 is 0 Å². The van der Waals surface area contributed by atoms with Crippen molar-refractivity contribution < 1.29 is 17.9 Å². The summed E-state index contributed by atoms with van der Waals surface area (Å²) < 4.78 is 40.1. The fraction of sp³-hybridized carbons (Fsp3) is 0.467. The Bertz CT molecular complexity index is 672. The van der Waals surface area contributed by atoms with Crippen LogP contribution in [0.1, 0.15) is 32.8 Å². The monoisotopic (exact) mass is 313 g/mol. The van der Waals surface area contributed by atoms with Crippen LogP contribution in [0.3, 0.4) is 0 Å². The third-order valence-corrected chi connectivity index (χ3v) is 5.68. The van der Waals surface area contributed by atoms with Crippen molar-refractivity contribution in [1.29, 1.82) is 0 Å². The van der Waals surface area contributed by atoms with E-state index in [2.05, 4.69) is 11.8 Å². The van der Waals surface area contributed by atoms with Gasteiger partial charge in [0.1, 0.15) is 12.4 Å². The van der Waals surface area contributed by atoms with Crippen LogP contribution < -0.4 is 0 Å². The number of nitrogens with zero attached hydrogens (tertiary/aromatic N) is 1. The van der Waals surface area contributed by atoms with Crippen molar-refractivity contribution in [3.63, 3.8) is 0 Å². The fourth-order valence-corrected chi connectivity index (χ4v) is 3.19. The first kappa shape index (κ1) is 17.6. The van der Waals surface area contributed by atoms with Gasteiger partial charge >= 0.3 is 0 Å². The first-order chi connectivity index (χ1) is 9.66. The van der Waals surface area contributed by atoms with E-state index in [4.69, 9.17) is 5.11 Å². The van der Waals surface area contributed by atoms with E-state index in [-0.39, 0.29) is 17.1 Å². The second kappa shape index (κ2) is 6.56. The minimum atomic E-state index is -3.77. The van der Waals surface area contributed by atoms with Gasteiger partial charge in [-0.3, -0.25) is 0 Å². The van der Waals surface area contributed by atoms with Crippen LogP contribution in [0.2, 0.25) is 0 Å². The lowest BCUT2D eigenvalue weighted by atomic mass is 10.0. The van der Waals surface area contributed by atoms with Crippen LogP contribution in [0, 0.1) is 17.7 Å². The van der Waals surface area contributed by atoms with Crippen LogP contribution in [0.5, 0.6) is 0 Å². The molecule has 0 aromatic heterocycles. The predicted molar refractivity (Wildman–Crippen MR) is 79.7 cm³/mol. The van der Waals surface area contributed by atoms with E-state index < -0.39 is 21.4 Å². The molecule has 0 atom stereocenters. The average molecular weight is 313 g/mol. The standard InChI is InChI=1S/C15H20FNO3S/c1-5-15(2,3)17(4)21(19,20)13-9-8-12(7-6-10-18)14(16)11-13/h8-9,11,18H,5,10H2,1-4H3. The van der Waals surface area contributed by atoms with Gasteiger partial charge in [0.05, 0.1) is 10.5 Å². The maximum Gasteiger partial charge on any atom is 0.243 e. The molecule has 0 aliphatic heterocycles. The van der Waals surface area contributed by atoms with Crippen molar-refractivity contribution in [3.8, 4) is 11.8 Å². The summed E-state index contributed by atoms with van der Waals surface area (Å²) in [5, 5.41) is 8.59. The maximum atomic E-state index is 13.9. The number of aliphatic hydroxyl groups excluding tert-OH is 1. The molecular weight excluding hydrogens is 293 g/mol. The second-order valence-corrected chi connectivity index (χ2v) is 7.21. The van der Waals surface area contributed by atoms with Crippen molar-refractivity contribution in [2.24, 2.45) is 0 Å². The van der Waals surface area contributed by atoms with Gasteiger partial charge in [-0.1, -0.05) is 18.8 Å². The van der Waals surface area contributed by atoms with Gasteiger partial charge in [0, 0.05) is 12.6 Å². The quantitative estimate of drug-likeness (QED) is 0.865. The van der Waals surface area contributed by atoms with Crippen molar-refractivity contribution >= 4 is 10.0 Å². The molecule has 1 aromatic rings. The Balaban J connectivity index is 3.25. The van der Waals surface area contributed by atoms with Crippen molar-refractivity contribution in [2.45, 2.75) is 37.6 Å². The zero-order valence-corrected chi connectivity index (χ0v) is 13.5. The molecule has 0 amide bonds. The molecule has 0 aliphatic rings. The normalized spacial score (nSPS) is 12.1. The molecular formula is C15H20FNO3S. The van der Waals surface area contributed by atoms with Gasteiger partial charge in [-0.2, -0.15) is 4.31 Å². The number of sulfonamides is 1. The van der Waals surface area contributed by atoms with Crippen molar-refractivity contribution in [2.75, 3.05) is 13.7 Å². The molecule has 0 radical (unpaired) electrons. The van der Waals surface area contributed by atoms with Crippen molar-refractivity contribution in [1.82, 2.24) is 4.31 Å². The van der Waals surface area contributed by atoms with Gasteiger partial charge in [0.25, 0.3) is 0 Å². The Labute approximate surface area is 125 Å². The molecule has 0 saturated carbocycles. The Morgan fingerprint density at radius 1 is 1.38 bits per heavy atom. The molecule has 21 heavy (non-hydrogen) atoms. The molecule has 0 bridgehead atoms. The molecule has 4 nitrogen and oxygen atoms in total. The largest absolute Gasteiger partial charge is 0.384 e. The third kappa shape index (κ3) is 3.82. The van der Waals surface area contributed by atoms with Gasteiger partial charge in [-0.15, -0.1) is 0 Å². The van der Waals surface area contributed by atoms with E-state index in [1.54, 1.807) is 0 Å². The number of halogens is 1. The van der Waals surface area contributed by atoms with Crippen LogP contribution in [0.25, 0.3) is 0 Å². The summed E-state index contributed by atoms with van der Waals surface area (Å²) in [6.07, 6.45) is 0.630. The Hall–Kier alpha value is -1.42. The highest BCUT2D eigenvalue weighted by molar-refractivity contribution is 7.89. The highest BCUT2D eigenvalue weighted by atomic mass is 32.2. The minimum Gasteiger partial charge on any atom is -0.384 e. The van der Waals surface area contributed by atoms with Crippen LogP contribution in [0.4, 0.5) is 4.39 Å². The summed E-state index contributed by atoms with van der Waals surface area (Å²) in [7, 11) is -2.29. The van der Waals surface area contributed by atoms with Crippen molar-refractivity contribution in [3.05, 3.63) is 29.6 Å². The van der Waals surface area contributed by atoms with Crippen LogP contribution in [0.15, 0.2) is 23.1 Å².